The highest BCUT2D eigenvalue weighted by molar-refractivity contribution is 5.98. The van der Waals surface area contributed by atoms with Gasteiger partial charge in [-0.1, -0.05) is 25.1 Å². The van der Waals surface area contributed by atoms with Gasteiger partial charge in [-0.3, -0.25) is 4.79 Å². The van der Waals surface area contributed by atoms with Crippen LogP contribution < -0.4 is 5.32 Å². The Morgan fingerprint density at radius 3 is 2.54 bits per heavy atom. The van der Waals surface area contributed by atoms with Gasteiger partial charge in [0.15, 0.2) is 0 Å². The molecule has 1 aliphatic heterocycles. The number of carbonyl (C=O) groups is 1. The number of rotatable bonds is 5. The number of hydrogen-bond donors (Lipinski definition) is 1. The normalized spacial score (nSPS) is 14.3. The van der Waals surface area contributed by atoms with Crippen LogP contribution in [0.4, 0.5) is 5.82 Å². The van der Waals surface area contributed by atoms with E-state index in [4.69, 9.17) is 0 Å². The van der Waals surface area contributed by atoms with E-state index in [1.54, 1.807) is 6.33 Å². The maximum atomic E-state index is 13.2. The highest BCUT2D eigenvalue weighted by atomic mass is 16.2. The monoisotopic (exact) mass is 466 g/mol. The van der Waals surface area contributed by atoms with E-state index in [0.29, 0.717) is 5.56 Å². The van der Waals surface area contributed by atoms with Crippen molar-refractivity contribution in [2.45, 2.75) is 13.3 Å². The zero-order chi connectivity index (χ0) is 24.4. The standard InChI is InChI=1S/C28H30N6O/c1-4-19-14-23(17-30-27(19)29-2)20-8-9-25-24(16-20)26(32-18-31-25)21-6-5-7-22(15-21)28(35)34-12-10-33(3)11-13-34/h5-9,14-18H,4,10-13H2,1-3H3,(H,29,30). The van der Waals surface area contributed by atoms with Crippen molar-refractivity contribution in [2.75, 3.05) is 45.6 Å². The number of anilines is 1. The van der Waals surface area contributed by atoms with Crippen molar-refractivity contribution in [1.29, 1.82) is 0 Å². The van der Waals surface area contributed by atoms with Gasteiger partial charge in [-0.05, 0) is 54.9 Å². The van der Waals surface area contributed by atoms with Crippen LogP contribution in [0.3, 0.4) is 0 Å². The molecule has 0 bridgehead atoms. The fourth-order valence-corrected chi connectivity index (χ4v) is 4.62. The molecule has 1 N–H and O–H groups in total. The Kier molecular flexibility index (Phi) is 6.42. The van der Waals surface area contributed by atoms with Crippen LogP contribution in [-0.2, 0) is 6.42 Å². The van der Waals surface area contributed by atoms with Crippen molar-refractivity contribution in [1.82, 2.24) is 24.8 Å². The molecule has 2 aromatic heterocycles. The molecule has 0 spiro atoms. The van der Waals surface area contributed by atoms with Crippen LogP contribution in [0.1, 0.15) is 22.8 Å². The first-order valence-corrected chi connectivity index (χ1v) is 12.1. The summed E-state index contributed by atoms with van der Waals surface area (Å²) in [5, 5.41) is 4.11. The van der Waals surface area contributed by atoms with Crippen LogP contribution in [0, 0.1) is 0 Å². The molecule has 178 valence electrons. The van der Waals surface area contributed by atoms with Crippen molar-refractivity contribution in [3.8, 4) is 22.4 Å². The van der Waals surface area contributed by atoms with Gasteiger partial charge in [-0.2, -0.15) is 0 Å². The number of likely N-dealkylation sites (N-methyl/N-ethyl adjacent to an activating group) is 1. The predicted molar refractivity (Wildman–Crippen MR) is 141 cm³/mol. The first-order chi connectivity index (χ1) is 17.1. The molecule has 35 heavy (non-hydrogen) atoms. The predicted octanol–water partition coefficient (Wildman–Crippen LogP) is 4.35. The van der Waals surface area contributed by atoms with Gasteiger partial charge >= 0.3 is 0 Å². The molecule has 5 rings (SSSR count). The summed E-state index contributed by atoms with van der Waals surface area (Å²) >= 11 is 0. The molecular weight excluding hydrogens is 436 g/mol. The van der Waals surface area contributed by atoms with E-state index in [2.05, 4.69) is 57.3 Å². The van der Waals surface area contributed by atoms with Gasteiger partial charge in [0.2, 0.25) is 0 Å². The number of nitrogens with zero attached hydrogens (tertiary/aromatic N) is 5. The molecule has 0 aliphatic carbocycles. The summed E-state index contributed by atoms with van der Waals surface area (Å²) in [7, 11) is 3.98. The van der Waals surface area contributed by atoms with E-state index in [0.717, 1.165) is 71.7 Å². The first-order valence-electron chi connectivity index (χ1n) is 12.1. The first kappa shape index (κ1) is 22.9. The maximum absolute atomic E-state index is 13.2. The molecule has 0 saturated carbocycles. The topological polar surface area (TPSA) is 74.2 Å². The molecule has 1 amide bonds. The quantitative estimate of drug-likeness (QED) is 0.471. The molecule has 1 saturated heterocycles. The molecule has 0 atom stereocenters. The minimum Gasteiger partial charge on any atom is -0.373 e. The molecule has 2 aromatic carbocycles. The summed E-state index contributed by atoms with van der Waals surface area (Å²) in [5.74, 6) is 0.977. The van der Waals surface area contributed by atoms with Gasteiger partial charge in [0.1, 0.15) is 12.1 Å². The third-order valence-corrected chi connectivity index (χ3v) is 6.73. The lowest BCUT2D eigenvalue weighted by molar-refractivity contribution is 0.0664. The molecule has 0 unspecified atom stereocenters. The largest absolute Gasteiger partial charge is 0.373 e. The van der Waals surface area contributed by atoms with Gasteiger partial charge in [0, 0.05) is 61.5 Å². The van der Waals surface area contributed by atoms with Crippen LogP contribution in [0.25, 0.3) is 33.3 Å². The van der Waals surface area contributed by atoms with Crippen LogP contribution in [0.5, 0.6) is 0 Å². The smallest absolute Gasteiger partial charge is 0.253 e. The number of aromatic nitrogens is 3. The number of nitrogens with one attached hydrogen (secondary N) is 1. The third kappa shape index (κ3) is 4.59. The zero-order valence-corrected chi connectivity index (χ0v) is 20.5. The van der Waals surface area contributed by atoms with Crippen LogP contribution in [0.15, 0.2) is 61.1 Å². The number of aryl methyl sites for hydroxylation is 1. The van der Waals surface area contributed by atoms with E-state index < -0.39 is 0 Å². The van der Waals surface area contributed by atoms with E-state index in [1.807, 2.05) is 48.5 Å². The van der Waals surface area contributed by atoms with Gasteiger partial charge in [0.05, 0.1) is 11.2 Å². The molecule has 1 aliphatic rings. The molecule has 7 heteroatoms. The summed E-state index contributed by atoms with van der Waals surface area (Å²) in [4.78, 5) is 31.1. The Morgan fingerprint density at radius 1 is 0.943 bits per heavy atom. The fraction of sp³-hybridized carbons (Fsp3) is 0.286. The Bertz CT molecular complexity index is 1380. The fourth-order valence-electron chi connectivity index (χ4n) is 4.62. The molecule has 4 aromatic rings. The zero-order valence-electron chi connectivity index (χ0n) is 20.5. The number of benzene rings is 2. The number of hydrogen-bond acceptors (Lipinski definition) is 6. The average molecular weight is 467 g/mol. The molecule has 1 fully saturated rings. The lowest BCUT2D eigenvalue weighted by atomic mass is 9.99. The summed E-state index contributed by atoms with van der Waals surface area (Å²) < 4.78 is 0. The number of fused-ring (bicyclic) bond motifs is 1. The second-order valence-electron chi connectivity index (χ2n) is 8.97. The summed E-state index contributed by atoms with van der Waals surface area (Å²) in [5.41, 5.74) is 6.57. The van der Waals surface area contributed by atoms with Gasteiger partial charge in [-0.15, -0.1) is 0 Å². The number of pyridine rings is 1. The lowest BCUT2D eigenvalue weighted by Gasteiger charge is -2.32. The van der Waals surface area contributed by atoms with E-state index >= 15 is 0 Å². The number of piperazine rings is 1. The summed E-state index contributed by atoms with van der Waals surface area (Å²) in [6.45, 7) is 5.42. The van der Waals surface area contributed by atoms with Gasteiger partial charge in [0.25, 0.3) is 5.91 Å². The number of carbonyl (C=O) groups excluding carboxylic acids is 1. The summed E-state index contributed by atoms with van der Waals surface area (Å²) in [6.07, 6.45) is 4.38. The van der Waals surface area contributed by atoms with Gasteiger partial charge < -0.3 is 15.1 Å². The molecule has 3 heterocycles. The highest BCUT2D eigenvalue weighted by Crippen LogP contribution is 2.31. The SMILES string of the molecule is CCc1cc(-c2ccc3ncnc(-c4cccc(C(=O)N5CCN(C)CC5)c4)c3c2)cnc1NC. The second kappa shape index (κ2) is 9.80. The third-order valence-electron chi connectivity index (χ3n) is 6.73. The Hall–Kier alpha value is -3.84. The molecular formula is C28H30N6O. The summed E-state index contributed by atoms with van der Waals surface area (Å²) in [6, 6.07) is 16.2. The van der Waals surface area contributed by atoms with Crippen molar-refractivity contribution >= 4 is 22.6 Å². The molecule has 7 nitrogen and oxygen atoms in total. The van der Waals surface area contributed by atoms with Gasteiger partial charge in [-0.25, -0.2) is 15.0 Å². The minimum absolute atomic E-state index is 0.0711. The highest BCUT2D eigenvalue weighted by Gasteiger charge is 2.21. The maximum Gasteiger partial charge on any atom is 0.253 e. The molecule has 0 radical (unpaired) electrons. The van der Waals surface area contributed by atoms with E-state index in [-0.39, 0.29) is 5.91 Å². The average Bonchev–Trinajstić information content (AvgIpc) is 2.92. The Balaban J connectivity index is 1.53. The second-order valence-corrected chi connectivity index (χ2v) is 8.97. The van der Waals surface area contributed by atoms with Crippen molar-refractivity contribution in [3.63, 3.8) is 0 Å². The van der Waals surface area contributed by atoms with Crippen LogP contribution in [-0.4, -0.2) is 70.9 Å². The minimum atomic E-state index is 0.0711. The Labute approximate surface area is 205 Å². The van der Waals surface area contributed by atoms with E-state index in [1.165, 1.54) is 5.56 Å². The van der Waals surface area contributed by atoms with Crippen LogP contribution in [0.2, 0.25) is 0 Å². The van der Waals surface area contributed by atoms with Crippen molar-refractivity contribution < 1.29 is 4.79 Å². The van der Waals surface area contributed by atoms with Crippen molar-refractivity contribution in [2.24, 2.45) is 0 Å². The van der Waals surface area contributed by atoms with Crippen LogP contribution >= 0.6 is 0 Å². The number of amides is 1. The lowest BCUT2D eigenvalue weighted by Crippen LogP contribution is -2.47. The van der Waals surface area contributed by atoms with E-state index in [9.17, 15) is 4.79 Å². The van der Waals surface area contributed by atoms with Crippen molar-refractivity contribution in [3.05, 3.63) is 72.2 Å². The Morgan fingerprint density at radius 2 is 1.77 bits per heavy atom.